The highest BCUT2D eigenvalue weighted by atomic mass is 32.2. The van der Waals surface area contributed by atoms with Gasteiger partial charge < -0.3 is 16.2 Å². The summed E-state index contributed by atoms with van der Waals surface area (Å²) in [6.07, 6.45) is 4.97. The zero-order valence-corrected chi connectivity index (χ0v) is 9.21. The molecule has 0 spiro atoms. The van der Waals surface area contributed by atoms with Crippen LogP contribution in [0.1, 0.15) is 6.92 Å². The van der Waals surface area contributed by atoms with Crippen molar-refractivity contribution < 1.29 is 14.7 Å². The van der Waals surface area contributed by atoms with Gasteiger partial charge in [0.1, 0.15) is 6.04 Å². The van der Waals surface area contributed by atoms with E-state index in [0.717, 1.165) is 0 Å². The Hall–Kier alpha value is -1.19. The summed E-state index contributed by atoms with van der Waals surface area (Å²) in [6, 6.07) is -0.946. The number of nitrogens with two attached hydrogens (primary N) is 1. The first-order valence-corrected chi connectivity index (χ1v) is 5.35. The van der Waals surface area contributed by atoms with E-state index < -0.39 is 12.0 Å². The van der Waals surface area contributed by atoms with Gasteiger partial charge in [0.15, 0.2) is 0 Å². The number of carboxylic acids is 1. The fraction of sp³-hybridized carbons (Fsp3) is 0.556. The number of carbonyl (C=O) groups is 2. The van der Waals surface area contributed by atoms with Gasteiger partial charge in [0.05, 0.1) is 11.8 Å². The topological polar surface area (TPSA) is 92.4 Å². The summed E-state index contributed by atoms with van der Waals surface area (Å²) in [7, 11) is 0. The number of hydrogen-bond donors (Lipinski definition) is 3. The van der Waals surface area contributed by atoms with E-state index in [-0.39, 0.29) is 23.5 Å². The number of aliphatic carboxylic acids is 1. The maximum Gasteiger partial charge on any atom is 0.321 e. The lowest BCUT2D eigenvalue weighted by atomic mass is 10.4. The molecule has 0 fully saturated rings. The van der Waals surface area contributed by atoms with E-state index in [1.54, 1.807) is 6.92 Å². The van der Waals surface area contributed by atoms with Gasteiger partial charge >= 0.3 is 5.97 Å². The van der Waals surface area contributed by atoms with Crippen LogP contribution < -0.4 is 11.1 Å². The number of carbonyl (C=O) groups excluding carboxylic acids is 1. The molecule has 0 aromatic heterocycles. The minimum atomic E-state index is -1.07. The molecule has 0 aliphatic rings. The Kier molecular flexibility index (Phi) is 6.58. The van der Waals surface area contributed by atoms with Crippen molar-refractivity contribution in [2.45, 2.75) is 18.2 Å². The van der Waals surface area contributed by atoms with Gasteiger partial charge in [-0.15, -0.1) is 18.2 Å². The Morgan fingerprint density at radius 2 is 2.27 bits per heavy atom. The fourth-order valence-corrected chi connectivity index (χ4v) is 1.55. The molecule has 0 radical (unpaired) electrons. The van der Waals surface area contributed by atoms with Crippen LogP contribution in [-0.2, 0) is 9.59 Å². The molecule has 1 amide bonds. The monoisotopic (exact) mass is 230 g/mol. The Balaban J connectivity index is 3.83. The molecule has 0 saturated carbocycles. The van der Waals surface area contributed by atoms with Gasteiger partial charge in [-0.2, -0.15) is 0 Å². The summed E-state index contributed by atoms with van der Waals surface area (Å²) in [5, 5.41) is 10.7. The third-order valence-corrected chi connectivity index (χ3v) is 2.84. The molecule has 84 valence electrons. The van der Waals surface area contributed by atoms with Gasteiger partial charge in [-0.25, -0.2) is 0 Å². The third kappa shape index (κ3) is 5.99. The summed E-state index contributed by atoms with van der Waals surface area (Å²) in [5.74, 6) is 1.19. The summed E-state index contributed by atoms with van der Waals surface area (Å²) < 4.78 is 0. The van der Waals surface area contributed by atoms with Crippen molar-refractivity contribution in [1.82, 2.24) is 5.32 Å². The minimum absolute atomic E-state index is 0.175. The van der Waals surface area contributed by atoms with Gasteiger partial charge in [-0.05, 0) is 6.92 Å². The molecular weight excluding hydrogens is 216 g/mol. The van der Waals surface area contributed by atoms with Crippen molar-refractivity contribution in [2.75, 3.05) is 12.3 Å². The quantitative estimate of drug-likeness (QED) is 0.523. The zero-order valence-electron chi connectivity index (χ0n) is 8.40. The number of rotatable bonds is 6. The van der Waals surface area contributed by atoms with Crippen LogP contribution in [-0.4, -0.2) is 40.6 Å². The normalized spacial score (nSPS) is 13.7. The van der Waals surface area contributed by atoms with E-state index in [2.05, 4.69) is 11.2 Å². The first kappa shape index (κ1) is 13.8. The molecule has 0 heterocycles. The molecule has 4 N–H and O–H groups in total. The first-order chi connectivity index (χ1) is 6.99. The zero-order chi connectivity index (χ0) is 11.8. The van der Waals surface area contributed by atoms with Crippen molar-refractivity contribution in [3.8, 4) is 12.3 Å². The first-order valence-electron chi connectivity index (χ1n) is 4.30. The summed E-state index contributed by atoms with van der Waals surface area (Å²) in [5.41, 5.74) is 5.28. The number of carboxylic acid groups (broad SMARTS) is 1. The lowest BCUT2D eigenvalue weighted by Gasteiger charge is -2.12. The Morgan fingerprint density at radius 3 is 2.73 bits per heavy atom. The lowest BCUT2D eigenvalue weighted by Crippen LogP contribution is -2.36. The summed E-state index contributed by atoms with van der Waals surface area (Å²) in [6.45, 7) is 1.85. The molecule has 6 heteroatoms. The molecule has 5 nitrogen and oxygen atoms in total. The largest absolute Gasteiger partial charge is 0.480 e. The van der Waals surface area contributed by atoms with E-state index in [9.17, 15) is 9.59 Å². The average Bonchev–Trinajstić information content (AvgIpc) is 2.21. The van der Waals surface area contributed by atoms with Gasteiger partial charge in [0.25, 0.3) is 0 Å². The second-order valence-electron chi connectivity index (χ2n) is 2.84. The highest BCUT2D eigenvalue weighted by molar-refractivity contribution is 8.00. The molecule has 0 rings (SSSR count). The van der Waals surface area contributed by atoms with Gasteiger partial charge in [0, 0.05) is 5.75 Å². The van der Waals surface area contributed by atoms with Crippen LogP contribution in [0, 0.1) is 12.3 Å². The smallest absolute Gasteiger partial charge is 0.321 e. The van der Waals surface area contributed by atoms with Gasteiger partial charge in [0.2, 0.25) is 5.91 Å². The molecule has 0 aromatic carbocycles. The van der Waals surface area contributed by atoms with Crippen molar-refractivity contribution >= 4 is 23.6 Å². The second kappa shape index (κ2) is 7.15. The number of amides is 1. The van der Waals surface area contributed by atoms with Crippen LogP contribution in [0.15, 0.2) is 0 Å². The molecule has 0 aliphatic heterocycles. The van der Waals surface area contributed by atoms with E-state index in [1.165, 1.54) is 11.8 Å². The molecule has 0 aromatic rings. The summed E-state index contributed by atoms with van der Waals surface area (Å²) >= 11 is 1.18. The van der Waals surface area contributed by atoms with Crippen LogP contribution in [0.3, 0.4) is 0 Å². The standard InChI is InChI=1S/C9H14N2O3S/c1-3-4-11-8(12)6(2)15-5-7(10)9(13)14/h1,6-7H,4-5,10H2,2H3,(H,11,12)(H,13,14)/t6?,7-/m1/s1. The maximum absolute atomic E-state index is 11.3. The predicted octanol–water partition coefficient (Wildman–Crippen LogP) is -0.731. The number of thioether (sulfide) groups is 1. The maximum atomic E-state index is 11.3. The molecule has 2 atom stereocenters. The van der Waals surface area contributed by atoms with E-state index in [4.69, 9.17) is 17.3 Å². The van der Waals surface area contributed by atoms with Crippen LogP contribution in [0.25, 0.3) is 0 Å². The third-order valence-electron chi connectivity index (χ3n) is 1.58. The molecule has 1 unspecified atom stereocenters. The van der Waals surface area contributed by atoms with Crippen molar-refractivity contribution in [1.29, 1.82) is 0 Å². The molecule has 0 bridgehead atoms. The van der Waals surface area contributed by atoms with E-state index in [1.807, 2.05) is 0 Å². The number of hydrogen-bond acceptors (Lipinski definition) is 4. The highest BCUT2D eigenvalue weighted by Gasteiger charge is 2.17. The highest BCUT2D eigenvalue weighted by Crippen LogP contribution is 2.11. The lowest BCUT2D eigenvalue weighted by molar-refractivity contribution is -0.138. The Bertz CT molecular complexity index is 275. The molecule has 0 aliphatic carbocycles. The van der Waals surface area contributed by atoms with Crippen molar-refractivity contribution in [3.63, 3.8) is 0 Å². The van der Waals surface area contributed by atoms with Crippen LogP contribution in [0.4, 0.5) is 0 Å². The van der Waals surface area contributed by atoms with Crippen LogP contribution in [0.5, 0.6) is 0 Å². The molecule has 0 saturated heterocycles. The fourth-order valence-electron chi connectivity index (χ4n) is 0.677. The van der Waals surface area contributed by atoms with Crippen LogP contribution in [0.2, 0.25) is 0 Å². The second-order valence-corrected chi connectivity index (χ2v) is 4.22. The molecule has 15 heavy (non-hydrogen) atoms. The minimum Gasteiger partial charge on any atom is -0.480 e. The predicted molar refractivity (Wildman–Crippen MR) is 59.4 cm³/mol. The van der Waals surface area contributed by atoms with Crippen molar-refractivity contribution in [2.24, 2.45) is 5.73 Å². The molecular formula is C9H14N2O3S. The average molecular weight is 230 g/mol. The Morgan fingerprint density at radius 1 is 1.67 bits per heavy atom. The Labute approximate surface area is 92.8 Å². The summed E-state index contributed by atoms with van der Waals surface area (Å²) in [4.78, 5) is 21.7. The number of terminal acetylenes is 1. The SMILES string of the molecule is C#CCNC(=O)C(C)SC[C@@H](N)C(=O)O. The number of nitrogens with one attached hydrogen (secondary N) is 1. The van der Waals surface area contributed by atoms with Crippen molar-refractivity contribution in [3.05, 3.63) is 0 Å². The van der Waals surface area contributed by atoms with E-state index >= 15 is 0 Å². The van der Waals surface area contributed by atoms with Gasteiger partial charge in [-0.1, -0.05) is 5.92 Å². The van der Waals surface area contributed by atoms with E-state index in [0.29, 0.717) is 0 Å². The van der Waals surface area contributed by atoms with Crippen LogP contribution >= 0.6 is 11.8 Å². The van der Waals surface area contributed by atoms with Gasteiger partial charge in [-0.3, -0.25) is 9.59 Å².